The molecule has 1 rings (SSSR count). The summed E-state index contributed by atoms with van der Waals surface area (Å²) in [7, 11) is 0. The predicted octanol–water partition coefficient (Wildman–Crippen LogP) is 6.29. The van der Waals surface area contributed by atoms with Gasteiger partial charge in [0, 0.05) is 16.3 Å². The fourth-order valence-corrected chi connectivity index (χ4v) is 3.04. The summed E-state index contributed by atoms with van der Waals surface area (Å²) in [5.41, 5.74) is 3.57. The first kappa shape index (κ1) is 16.5. The summed E-state index contributed by atoms with van der Waals surface area (Å²) in [5, 5.41) is 4.09. The van der Waals surface area contributed by atoms with Gasteiger partial charge in [-0.15, -0.1) is 0 Å². The molecule has 1 aromatic carbocycles. The lowest BCUT2D eigenvalue weighted by Gasteiger charge is -2.10. The molecule has 0 nitrogen and oxygen atoms in total. The Balaban J connectivity index is 2.59. The Labute approximate surface area is 127 Å². The zero-order valence-corrected chi connectivity index (χ0v) is 14.0. The van der Waals surface area contributed by atoms with Crippen LogP contribution in [-0.4, -0.2) is 0 Å². The van der Waals surface area contributed by atoms with Gasteiger partial charge in [-0.25, -0.2) is 0 Å². The summed E-state index contributed by atoms with van der Waals surface area (Å²) in [6, 6.07) is 2.14. The second-order valence-corrected chi connectivity index (χ2v) is 6.16. The van der Waals surface area contributed by atoms with E-state index in [0.717, 1.165) is 22.6 Å². The first-order valence-electron chi connectivity index (χ1n) is 6.99. The van der Waals surface area contributed by atoms with Gasteiger partial charge in [0.1, 0.15) is 0 Å². The zero-order chi connectivity index (χ0) is 14.3. The Bertz CT molecular complexity index is 480. The average Bonchev–Trinajstić information content (AvgIpc) is 2.38. The highest BCUT2D eigenvalue weighted by Crippen LogP contribution is 2.33. The van der Waals surface area contributed by atoms with Crippen molar-refractivity contribution >= 4 is 23.4 Å². The Morgan fingerprint density at radius 3 is 2.53 bits per heavy atom. The van der Waals surface area contributed by atoms with Crippen LogP contribution in [0.15, 0.2) is 11.0 Å². The van der Waals surface area contributed by atoms with Crippen LogP contribution in [0.25, 0.3) is 0 Å². The van der Waals surface area contributed by atoms with E-state index in [1.165, 1.54) is 36.1 Å². The van der Waals surface area contributed by atoms with Crippen molar-refractivity contribution in [1.82, 2.24) is 0 Å². The van der Waals surface area contributed by atoms with Crippen molar-refractivity contribution < 1.29 is 0 Å². The molecule has 0 saturated heterocycles. The Morgan fingerprint density at radius 1 is 1.11 bits per heavy atom. The molecule has 0 bridgehead atoms. The van der Waals surface area contributed by atoms with E-state index in [0.29, 0.717) is 0 Å². The van der Waals surface area contributed by atoms with Gasteiger partial charge >= 0.3 is 0 Å². The number of rotatable bonds is 5. The number of hydrogen-bond acceptors (Lipinski definition) is 1. The highest BCUT2D eigenvalue weighted by Gasteiger charge is 2.08. The van der Waals surface area contributed by atoms with Gasteiger partial charge in [-0.2, -0.15) is 0 Å². The van der Waals surface area contributed by atoms with Crippen molar-refractivity contribution in [3.63, 3.8) is 0 Å². The van der Waals surface area contributed by atoms with Crippen LogP contribution >= 0.6 is 23.4 Å². The first-order chi connectivity index (χ1) is 9.07. The molecule has 0 aliphatic carbocycles. The van der Waals surface area contributed by atoms with Gasteiger partial charge in [-0.1, -0.05) is 49.8 Å². The minimum atomic E-state index is 0.873. The minimum absolute atomic E-state index is 0.873. The Kier molecular flexibility index (Phi) is 7.42. The average molecular weight is 295 g/mol. The third kappa shape index (κ3) is 5.13. The third-order valence-corrected chi connectivity index (χ3v) is 4.85. The van der Waals surface area contributed by atoms with Crippen LogP contribution < -0.4 is 0 Å². The van der Waals surface area contributed by atoms with Crippen molar-refractivity contribution in [3.8, 4) is 11.2 Å². The molecule has 0 radical (unpaired) electrons. The van der Waals surface area contributed by atoms with Gasteiger partial charge in [0.05, 0.1) is 0 Å². The predicted molar refractivity (Wildman–Crippen MR) is 88.1 cm³/mol. The molecule has 0 fully saturated rings. The van der Waals surface area contributed by atoms with Crippen LogP contribution in [0.5, 0.6) is 0 Å². The van der Waals surface area contributed by atoms with Crippen molar-refractivity contribution in [2.75, 3.05) is 0 Å². The second-order valence-electron chi connectivity index (χ2n) is 4.97. The van der Waals surface area contributed by atoms with Crippen LogP contribution in [0, 0.1) is 31.9 Å². The van der Waals surface area contributed by atoms with Crippen LogP contribution in [0.1, 0.15) is 55.7 Å². The van der Waals surface area contributed by atoms with Crippen molar-refractivity contribution in [2.45, 2.75) is 64.7 Å². The van der Waals surface area contributed by atoms with Gasteiger partial charge in [-0.3, -0.25) is 0 Å². The Hall–Kier alpha value is -0.580. The van der Waals surface area contributed by atoms with E-state index in [1.807, 2.05) is 0 Å². The molecular weight excluding hydrogens is 272 g/mol. The van der Waals surface area contributed by atoms with E-state index < -0.39 is 0 Å². The lowest BCUT2D eigenvalue weighted by molar-refractivity contribution is 0.680. The SMILES string of the molecule is CCCCCCC#CSc1c(C)cc(C)c(Cl)c1C. The minimum Gasteiger partial charge on any atom is -0.0909 e. The molecule has 0 atom stereocenters. The number of hydrogen-bond donors (Lipinski definition) is 0. The lowest BCUT2D eigenvalue weighted by atomic mass is 10.1. The van der Waals surface area contributed by atoms with E-state index in [1.54, 1.807) is 11.8 Å². The van der Waals surface area contributed by atoms with E-state index in [2.05, 4.69) is 44.9 Å². The summed E-state index contributed by atoms with van der Waals surface area (Å²) >= 11 is 7.91. The normalized spacial score (nSPS) is 10.2. The molecule has 0 N–H and O–H groups in total. The maximum absolute atomic E-state index is 6.29. The lowest BCUT2D eigenvalue weighted by Crippen LogP contribution is -1.89. The molecule has 19 heavy (non-hydrogen) atoms. The van der Waals surface area contributed by atoms with Gasteiger partial charge in [0.15, 0.2) is 0 Å². The van der Waals surface area contributed by atoms with Crippen LogP contribution in [0.3, 0.4) is 0 Å². The molecule has 0 heterocycles. The number of benzene rings is 1. The summed E-state index contributed by atoms with van der Waals surface area (Å²) in [6.45, 7) is 8.49. The van der Waals surface area contributed by atoms with E-state index in [-0.39, 0.29) is 0 Å². The van der Waals surface area contributed by atoms with E-state index >= 15 is 0 Å². The fourth-order valence-electron chi connectivity index (χ4n) is 2.08. The van der Waals surface area contributed by atoms with Crippen LogP contribution in [0.4, 0.5) is 0 Å². The number of halogens is 1. The van der Waals surface area contributed by atoms with Crippen molar-refractivity contribution in [3.05, 3.63) is 27.8 Å². The summed E-state index contributed by atoms with van der Waals surface area (Å²) < 4.78 is 0. The highest BCUT2D eigenvalue weighted by molar-refractivity contribution is 8.04. The molecule has 0 aliphatic rings. The number of thioether (sulfide) groups is 1. The third-order valence-electron chi connectivity index (χ3n) is 3.19. The van der Waals surface area contributed by atoms with E-state index in [9.17, 15) is 0 Å². The largest absolute Gasteiger partial charge is 0.0909 e. The second kappa shape index (κ2) is 8.56. The molecule has 0 aliphatic heterocycles. The molecule has 0 aromatic heterocycles. The van der Waals surface area contributed by atoms with Gasteiger partial charge in [-0.05, 0) is 60.9 Å². The molecular formula is C17H23ClS. The van der Waals surface area contributed by atoms with Crippen LogP contribution in [-0.2, 0) is 0 Å². The highest BCUT2D eigenvalue weighted by atomic mass is 35.5. The molecule has 0 spiro atoms. The maximum atomic E-state index is 6.29. The molecule has 0 saturated carbocycles. The Morgan fingerprint density at radius 2 is 1.84 bits per heavy atom. The maximum Gasteiger partial charge on any atom is 0.0476 e. The smallest absolute Gasteiger partial charge is 0.0476 e. The molecule has 104 valence electrons. The number of unbranched alkanes of at least 4 members (excludes halogenated alkanes) is 4. The van der Waals surface area contributed by atoms with Crippen molar-refractivity contribution in [1.29, 1.82) is 0 Å². The molecule has 0 unspecified atom stereocenters. The monoisotopic (exact) mass is 294 g/mol. The zero-order valence-electron chi connectivity index (χ0n) is 12.4. The van der Waals surface area contributed by atoms with E-state index in [4.69, 9.17) is 11.6 Å². The molecule has 1 aromatic rings. The summed E-state index contributed by atoms with van der Waals surface area (Å²) in [6.07, 6.45) is 6.12. The summed E-state index contributed by atoms with van der Waals surface area (Å²) in [4.78, 5) is 1.22. The topological polar surface area (TPSA) is 0 Å². The standard InChI is InChI=1S/C17H23ClS/c1-5-6-7-8-9-10-11-19-17-14(3)12-13(2)16(18)15(17)4/h12H,5-9H2,1-4H3. The fraction of sp³-hybridized carbons (Fsp3) is 0.529. The van der Waals surface area contributed by atoms with Gasteiger partial charge < -0.3 is 0 Å². The van der Waals surface area contributed by atoms with Crippen molar-refractivity contribution in [2.24, 2.45) is 0 Å². The molecule has 0 amide bonds. The quantitative estimate of drug-likeness (QED) is 0.349. The summed E-state index contributed by atoms with van der Waals surface area (Å²) in [5.74, 6) is 3.25. The number of aryl methyl sites for hydroxylation is 2. The molecule has 2 heteroatoms. The van der Waals surface area contributed by atoms with Gasteiger partial charge in [0.25, 0.3) is 0 Å². The van der Waals surface area contributed by atoms with Crippen LogP contribution in [0.2, 0.25) is 5.02 Å². The van der Waals surface area contributed by atoms with Gasteiger partial charge in [0.2, 0.25) is 0 Å². The first-order valence-corrected chi connectivity index (χ1v) is 8.18.